The van der Waals surface area contributed by atoms with E-state index in [2.05, 4.69) is 53.4 Å². The lowest BCUT2D eigenvalue weighted by Gasteiger charge is -2.07. The fraction of sp³-hybridized carbons (Fsp3) is 0.217. The van der Waals surface area contributed by atoms with E-state index >= 15 is 0 Å². The third kappa shape index (κ3) is 4.20. The molecule has 0 fully saturated rings. The fourth-order valence-electron chi connectivity index (χ4n) is 3.64. The van der Waals surface area contributed by atoms with Crippen LogP contribution in [0.3, 0.4) is 0 Å². The highest BCUT2D eigenvalue weighted by Gasteiger charge is 2.30. The first kappa shape index (κ1) is 19.1. The Bertz CT molecular complexity index is 923. The lowest BCUT2D eigenvalue weighted by atomic mass is 9.96. The van der Waals surface area contributed by atoms with E-state index in [1.54, 1.807) is 7.11 Å². The highest BCUT2D eigenvalue weighted by atomic mass is 35.5. The number of nitrogens with zero attached hydrogens (tertiary/aromatic N) is 1. The maximum atomic E-state index is 12.7. The van der Waals surface area contributed by atoms with Crippen LogP contribution < -0.4 is 21.7 Å². The largest absolute Gasteiger partial charge is 1.00 e. The number of carbonyl (C=O) groups excluding carboxylic acids is 1. The van der Waals surface area contributed by atoms with Gasteiger partial charge in [-0.15, -0.1) is 0 Å². The van der Waals surface area contributed by atoms with Gasteiger partial charge in [0, 0.05) is 29.2 Å². The topological polar surface area (TPSA) is 30.2 Å². The smallest absolute Gasteiger partial charge is 0.173 e. The normalized spacial score (nSPS) is 15.1. The summed E-state index contributed by atoms with van der Waals surface area (Å²) in [7, 11) is 1.63. The Morgan fingerprint density at radius 1 is 1.00 bits per heavy atom. The van der Waals surface area contributed by atoms with Gasteiger partial charge in [-0.2, -0.15) is 0 Å². The van der Waals surface area contributed by atoms with Crippen molar-refractivity contribution >= 4 is 5.78 Å². The van der Waals surface area contributed by atoms with Crippen molar-refractivity contribution in [2.75, 3.05) is 7.11 Å². The summed E-state index contributed by atoms with van der Waals surface area (Å²) in [6, 6.07) is 20.5. The fourth-order valence-corrected chi connectivity index (χ4v) is 3.64. The summed E-state index contributed by atoms with van der Waals surface area (Å²) in [4.78, 5) is 12.7. The molecule has 1 atom stereocenters. The zero-order valence-corrected chi connectivity index (χ0v) is 16.0. The molecule has 0 spiro atoms. The number of rotatable bonds is 5. The van der Waals surface area contributed by atoms with Crippen molar-refractivity contribution in [2.45, 2.75) is 19.4 Å². The summed E-state index contributed by atoms with van der Waals surface area (Å²) in [6.07, 6.45) is 5.79. The Hall–Kier alpha value is -2.65. The van der Waals surface area contributed by atoms with E-state index in [1.165, 1.54) is 11.1 Å². The molecular formula is C23H22ClNO2. The molecule has 0 amide bonds. The number of carbonyl (C=O) groups is 1. The van der Waals surface area contributed by atoms with Crippen molar-refractivity contribution in [2.24, 2.45) is 5.92 Å². The highest BCUT2D eigenvalue weighted by molar-refractivity contribution is 6.02. The average molecular weight is 380 g/mol. The molecule has 1 unspecified atom stereocenters. The molecule has 27 heavy (non-hydrogen) atoms. The van der Waals surface area contributed by atoms with Crippen molar-refractivity contribution in [3.8, 4) is 5.75 Å². The maximum Gasteiger partial charge on any atom is 0.173 e. The molecular weight excluding hydrogens is 358 g/mol. The Labute approximate surface area is 166 Å². The number of methoxy groups -OCH3 is 1. The number of hydrogen-bond donors (Lipinski definition) is 0. The zero-order valence-electron chi connectivity index (χ0n) is 15.3. The molecule has 2 aromatic carbocycles. The third-order valence-corrected chi connectivity index (χ3v) is 5.07. The van der Waals surface area contributed by atoms with E-state index in [-0.39, 0.29) is 24.1 Å². The molecule has 0 saturated carbocycles. The van der Waals surface area contributed by atoms with Crippen molar-refractivity contribution in [3.63, 3.8) is 0 Å². The number of pyridine rings is 1. The van der Waals surface area contributed by atoms with Crippen LogP contribution in [-0.2, 0) is 19.4 Å². The van der Waals surface area contributed by atoms with Crippen LogP contribution in [0.4, 0.5) is 0 Å². The Balaban J connectivity index is 0.00000210. The maximum absolute atomic E-state index is 12.7. The van der Waals surface area contributed by atoms with Gasteiger partial charge in [-0.05, 0) is 36.1 Å². The molecule has 3 nitrogen and oxygen atoms in total. The highest BCUT2D eigenvalue weighted by Crippen LogP contribution is 2.31. The Morgan fingerprint density at radius 2 is 1.74 bits per heavy atom. The van der Waals surface area contributed by atoms with Crippen LogP contribution in [0.2, 0.25) is 0 Å². The van der Waals surface area contributed by atoms with E-state index in [4.69, 9.17) is 4.74 Å². The Kier molecular flexibility index (Phi) is 5.92. The third-order valence-electron chi connectivity index (χ3n) is 5.07. The summed E-state index contributed by atoms with van der Waals surface area (Å²) in [5.74, 6) is 1.02. The minimum absolute atomic E-state index is 0. The second kappa shape index (κ2) is 8.36. The molecule has 0 radical (unpaired) electrons. The second-order valence-corrected chi connectivity index (χ2v) is 6.86. The number of Topliss-reactive ketones (excluding diaryl/α,β-unsaturated/α-hetero) is 1. The zero-order chi connectivity index (χ0) is 17.9. The van der Waals surface area contributed by atoms with Gasteiger partial charge in [0.2, 0.25) is 0 Å². The Morgan fingerprint density at radius 3 is 2.44 bits per heavy atom. The number of fused-ring (bicyclic) bond motifs is 1. The summed E-state index contributed by atoms with van der Waals surface area (Å²) in [5, 5.41) is 0. The van der Waals surface area contributed by atoms with Crippen LogP contribution in [0.1, 0.15) is 27.0 Å². The van der Waals surface area contributed by atoms with Crippen molar-refractivity contribution < 1.29 is 26.5 Å². The van der Waals surface area contributed by atoms with Gasteiger partial charge in [0.15, 0.2) is 24.7 Å². The van der Waals surface area contributed by atoms with Gasteiger partial charge in [0.1, 0.15) is 5.75 Å². The van der Waals surface area contributed by atoms with E-state index < -0.39 is 0 Å². The van der Waals surface area contributed by atoms with Gasteiger partial charge in [0.05, 0.1) is 7.11 Å². The molecule has 1 aliphatic carbocycles. The summed E-state index contributed by atoms with van der Waals surface area (Å²) in [5.41, 5.74) is 4.44. The van der Waals surface area contributed by atoms with Gasteiger partial charge in [-0.25, -0.2) is 4.57 Å². The number of ether oxygens (including phenoxy) is 1. The first-order valence-corrected chi connectivity index (χ1v) is 8.96. The monoisotopic (exact) mass is 379 g/mol. The molecule has 0 bridgehead atoms. The molecule has 0 saturated heterocycles. The van der Waals surface area contributed by atoms with E-state index in [0.29, 0.717) is 0 Å². The number of halogens is 1. The van der Waals surface area contributed by atoms with E-state index in [9.17, 15) is 4.79 Å². The molecule has 4 heteroatoms. The first-order chi connectivity index (χ1) is 12.7. The van der Waals surface area contributed by atoms with Gasteiger partial charge in [-0.1, -0.05) is 36.4 Å². The van der Waals surface area contributed by atoms with Crippen molar-refractivity contribution in [3.05, 3.63) is 95.3 Å². The van der Waals surface area contributed by atoms with Crippen LogP contribution in [0, 0.1) is 5.92 Å². The van der Waals surface area contributed by atoms with Crippen LogP contribution in [0.15, 0.2) is 73.1 Å². The summed E-state index contributed by atoms with van der Waals surface area (Å²) in [6.45, 7) is 0.856. The van der Waals surface area contributed by atoms with Crippen LogP contribution in [0.5, 0.6) is 5.75 Å². The van der Waals surface area contributed by atoms with E-state index in [1.807, 2.05) is 24.3 Å². The minimum atomic E-state index is 0. The predicted octanol–water partition coefficient (Wildman–Crippen LogP) is 0.633. The molecule has 0 aliphatic heterocycles. The lowest BCUT2D eigenvalue weighted by molar-refractivity contribution is -0.688. The quantitative estimate of drug-likeness (QED) is 0.609. The van der Waals surface area contributed by atoms with Crippen LogP contribution in [0.25, 0.3) is 0 Å². The molecule has 1 aromatic heterocycles. The van der Waals surface area contributed by atoms with Crippen molar-refractivity contribution in [1.29, 1.82) is 0 Å². The van der Waals surface area contributed by atoms with Gasteiger partial charge >= 0.3 is 0 Å². The average Bonchev–Trinajstić information content (AvgIpc) is 2.99. The summed E-state index contributed by atoms with van der Waals surface area (Å²) >= 11 is 0. The van der Waals surface area contributed by atoms with Crippen LogP contribution >= 0.6 is 0 Å². The van der Waals surface area contributed by atoms with Crippen molar-refractivity contribution in [1.82, 2.24) is 0 Å². The lowest BCUT2D eigenvalue weighted by Crippen LogP contribution is -3.00. The van der Waals surface area contributed by atoms with Gasteiger partial charge in [0.25, 0.3) is 0 Å². The molecule has 0 N–H and O–H groups in total. The SMILES string of the molecule is COc1ccc2c(c1)C(=O)C(Cc1cc[n+](Cc3ccccc3)cc1)C2.[Cl-]. The molecule has 3 aromatic rings. The predicted molar refractivity (Wildman–Crippen MR) is 100 cm³/mol. The number of aromatic nitrogens is 1. The summed E-state index contributed by atoms with van der Waals surface area (Å²) < 4.78 is 7.41. The van der Waals surface area contributed by atoms with E-state index in [0.717, 1.165) is 36.3 Å². The molecule has 1 aliphatic rings. The number of ketones is 1. The van der Waals surface area contributed by atoms with Gasteiger partial charge < -0.3 is 17.1 Å². The number of hydrogen-bond acceptors (Lipinski definition) is 2. The van der Waals surface area contributed by atoms with Gasteiger partial charge in [-0.3, -0.25) is 4.79 Å². The molecule has 4 rings (SSSR count). The number of benzene rings is 2. The molecule has 1 heterocycles. The first-order valence-electron chi connectivity index (χ1n) is 8.96. The molecule has 138 valence electrons. The second-order valence-electron chi connectivity index (χ2n) is 6.86. The standard InChI is InChI=1S/C23H22NO2.ClH/c1-26-21-8-7-19-14-20(23(25)22(19)15-21)13-17-9-11-24(12-10-17)16-18-5-3-2-4-6-18;/h2-12,15,20H,13-14,16H2,1H3;1H/q+1;/p-1. The minimum Gasteiger partial charge on any atom is -1.00 e. The van der Waals surface area contributed by atoms with Crippen LogP contribution in [-0.4, -0.2) is 12.9 Å².